The van der Waals surface area contributed by atoms with Gasteiger partial charge in [0.1, 0.15) is 0 Å². The van der Waals surface area contributed by atoms with Gasteiger partial charge in [0.05, 0.1) is 10.5 Å². The topological polar surface area (TPSA) is 80.3 Å². The highest BCUT2D eigenvalue weighted by atomic mass is 32.2. The minimum Gasteiger partial charge on any atom is -0.289 e. The van der Waals surface area contributed by atoms with Gasteiger partial charge in [-0.1, -0.05) is 66.7 Å². The average molecular weight is 391 g/mol. The summed E-state index contributed by atoms with van der Waals surface area (Å²) in [6.45, 7) is 0.189. The summed E-state index contributed by atoms with van der Waals surface area (Å²) in [5.41, 5.74) is 1.59. The lowest BCUT2D eigenvalue weighted by Crippen LogP contribution is -2.30. The lowest BCUT2D eigenvalue weighted by atomic mass is 9.84. The summed E-state index contributed by atoms with van der Waals surface area (Å²) in [4.78, 5) is 25.6. The molecule has 0 saturated carbocycles. The molecule has 1 N–H and O–H groups in total. The molecule has 0 radical (unpaired) electrons. The molecule has 0 atom stereocenters. The molecule has 0 saturated heterocycles. The summed E-state index contributed by atoms with van der Waals surface area (Å²) in [6, 6.07) is 20.3. The van der Waals surface area contributed by atoms with Gasteiger partial charge in [0.15, 0.2) is 11.6 Å². The van der Waals surface area contributed by atoms with Crippen molar-refractivity contribution in [3.05, 3.63) is 101 Å². The highest BCUT2D eigenvalue weighted by molar-refractivity contribution is 7.89. The zero-order chi connectivity index (χ0) is 19.7. The number of ketones is 2. The number of sulfonamides is 1. The van der Waals surface area contributed by atoms with E-state index in [4.69, 9.17) is 0 Å². The van der Waals surface area contributed by atoms with E-state index in [1.807, 2.05) is 30.3 Å². The van der Waals surface area contributed by atoms with Crippen molar-refractivity contribution in [2.75, 3.05) is 6.54 Å². The van der Waals surface area contributed by atoms with Gasteiger partial charge in [0.2, 0.25) is 10.0 Å². The first-order valence-electron chi connectivity index (χ1n) is 8.84. The molecule has 3 aromatic rings. The lowest BCUT2D eigenvalue weighted by molar-refractivity contribution is 0.0976. The van der Waals surface area contributed by atoms with E-state index in [0.717, 1.165) is 5.56 Å². The molecule has 6 heteroatoms. The molecule has 28 heavy (non-hydrogen) atoms. The third kappa shape index (κ3) is 3.17. The summed E-state index contributed by atoms with van der Waals surface area (Å²) in [7, 11) is -3.95. The van der Waals surface area contributed by atoms with Gasteiger partial charge in [-0.2, -0.15) is 0 Å². The van der Waals surface area contributed by atoms with Gasteiger partial charge in [0, 0.05) is 23.2 Å². The number of fused-ring (bicyclic) bond motifs is 2. The molecule has 3 aromatic carbocycles. The van der Waals surface area contributed by atoms with Crippen molar-refractivity contribution in [1.29, 1.82) is 0 Å². The van der Waals surface area contributed by atoms with Crippen LogP contribution in [-0.4, -0.2) is 26.5 Å². The lowest BCUT2D eigenvalue weighted by Gasteiger charge is -2.20. The van der Waals surface area contributed by atoms with Crippen LogP contribution in [0.15, 0.2) is 77.7 Å². The Kier molecular flexibility index (Phi) is 4.66. The molecule has 0 unspecified atom stereocenters. The maximum Gasteiger partial charge on any atom is 0.241 e. The predicted octanol–water partition coefficient (Wildman–Crippen LogP) is 2.98. The normalized spacial score (nSPS) is 13.1. The average Bonchev–Trinajstić information content (AvgIpc) is 2.72. The van der Waals surface area contributed by atoms with Crippen LogP contribution >= 0.6 is 0 Å². The Morgan fingerprint density at radius 2 is 1.29 bits per heavy atom. The number of nitrogens with one attached hydrogen (secondary N) is 1. The van der Waals surface area contributed by atoms with E-state index in [9.17, 15) is 18.0 Å². The molecule has 0 fully saturated rings. The van der Waals surface area contributed by atoms with Crippen LogP contribution in [0.3, 0.4) is 0 Å². The summed E-state index contributed by atoms with van der Waals surface area (Å²) in [5, 5.41) is 0. The Morgan fingerprint density at radius 3 is 2.00 bits per heavy atom. The molecule has 0 amide bonds. The van der Waals surface area contributed by atoms with Crippen molar-refractivity contribution in [3.8, 4) is 0 Å². The largest absolute Gasteiger partial charge is 0.289 e. The van der Waals surface area contributed by atoms with E-state index in [2.05, 4.69) is 4.72 Å². The van der Waals surface area contributed by atoms with Crippen LogP contribution in [0.1, 0.15) is 37.4 Å². The van der Waals surface area contributed by atoms with Crippen molar-refractivity contribution >= 4 is 21.6 Å². The third-order valence-electron chi connectivity index (χ3n) is 4.75. The van der Waals surface area contributed by atoms with Gasteiger partial charge in [-0.25, -0.2) is 13.1 Å². The summed E-state index contributed by atoms with van der Waals surface area (Å²) in [5.74, 6) is -0.791. The smallest absolute Gasteiger partial charge is 0.241 e. The van der Waals surface area contributed by atoms with E-state index >= 15 is 0 Å². The highest BCUT2D eigenvalue weighted by Gasteiger charge is 2.34. The standard InChI is InChI=1S/C22H17NO4S/c24-21-16-9-4-5-10-17(16)22(25)20-18(21)11-6-12-19(20)28(26,27)23-14-13-15-7-2-1-3-8-15/h1-12,23H,13-14H2. The fraction of sp³-hybridized carbons (Fsp3) is 0.0909. The molecule has 0 heterocycles. The highest BCUT2D eigenvalue weighted by Crippen LogP contribution is 2.31. The maximum atomic E-state index is 13.0. The number of hydrogen-bond acceptors (Lipinski definition) is 4. The molecule has 0 spiro atoms. The number of carbonyl (C=O) groups is 2. The van der Waals surface area contributed by atoms with Gasteiger partial charge in [-0.15, -0.1) is 0 Å². The number of rotatable bonds is 5. The second-order valence-corrected chi connectivity index (χ2v) is 8.25. The van der Waals surface area contributed by atoms with Crippen molar-refractivity contribution < 1.29 is 18.0 Å². The Balaban J connectivity index is 1.68. The van der Waals surface area contributed by atoms with Crippen molar-refractivity contribution in [1.82, 2.24) is 4.72 Å². The molecule has 4 rings (SSSR count). The minimum atomic E-state index is -3.95. The monoisotopic (exact) mass is 391 g/mol. The molecular weight excluding hydrogens is 374 g/mol. The first-order valence-corrected chi connectivity index (χ1v) is 10.3. The van der Waals surface area contributed by atoms with Crippen molar-refractivity contribution in [2.24, 2.45) is 0 Å². The second kappa shape index (κ2) is 7.14. The van der Waals surface area contributed by atoms with E-state index in [0.29, 0.717) is 12.0 Å². The molecule has 0 aromatic heterocycles. The van der Waals surface area contributed by atoms with Crippen LogP contribution in [0.4, 0.5) is 0 Å². The van der Waals surface area contributed by atoms with E-state index in [1.165, 1.54) is 18.2 Å². The summed E-state index contributed by atoms with van der Waals surface area (Å²) < 4.78 is 28.3. The van der Waals surface area contributed by atoms with E-state index in [-0.39, 0.29) is 33.9 Å². The quantitative estimate of drug-likeness (QED) is 0.567. The first kappa shape index (κ1) is 18.3. The fourth-order valence-corrected chi connectivity index (χ4v) is 4.64. The molecule has 0 bridgehead atoms. The van der Waals surface area contributed by atoms with Gasteiger partial charge < -0.3 is 0 Å². The van der Waals surface area contributed by atoms with Gasteiger partial charge in [-0.05, 0) is 18.1 Å². The summed E-state index contributed by atoms with van der Waals surface area (Å²) in [6.07, 6.45) is 0.519. The van der Waals surface area contributed by atoms with Crippen molar-refractivity contribution in [3.63, 3.8) is 0 Å². The SMILES string of the molecule is O=C1c2ccccc2C(=O)c2c1cccc2S(=O)(=O)NCCc1ccccc1. The van der Waals surface area contributed by atoms with Crippen LogP contribution < -0.4 is 4.72 Å². The Hall–Kier alpha value is -3.09. The molecule has 1 aliphatic rings. The Labute approximate surface area is 163 Å². The first-order chi connectivity index (χ1) is 13.5. The van der Waals surface area contributed by atoms with Crippen LogP contribution in [0.2, 0.25) is 0 Å². The van der Waals surface area contributed by atoms with Gasteiger partial charge in [-0.3, -0.25) is 9.59 Å². The molecule has 5 nitrogen and oxygen atoms in total. The van der Waals surface area contributed by atoms with Crippen LogP contribution in [-0.2, 0) is 16.4 Å². The Morgan fingerprint density at radius 1 is 0.679 bits per heavy atom. The maximum absolute atomic E-state index is 13.0. The fourth-order valence-electron chi connectivity index (χ4n) is 3.39. The molecular formula is C22H17NO4S. The third-order valence-corrected chi connectivity index (χ3v) is 6.26. The summed E-state index contributed by atoms with van der Waals surface area (Å²) >= 11 is 0. The van der Waals surface area contributed by atoms with Gasteiger partial charge >= 0.3 is 0 Å². The van der Waals surface area contributed by atoms with Crippen molar-refractivity contribution in [2.45, 2.75) is 11.3 Å². The van der Waals surface area contributed by atoms with Gasteiger partial charge in [0.25, 0.3) is 0 Å². The van der Waals surface area contributed by atoms with E-state index in [1.54, 1.807) is 24.3 Å². The number of carbonyl (C=O) groups excluding carboxylic acids is 2. The van der Waals surface area contributed by atoms with Crippen LogP contribution in [0.5, 0.6) is 0 Å². The van der Waals surface area contributed by atoms with Crippen LogP contribution in [0, 0.1) is 0 Å². The molecule has 0 aliphatic heterocycles. The molecule has 1 aliphatic carbocycles. The predicted molar refractivity (Wildman–Crippen MR) is 105 cm³/mol. The second-order valence-electron chi connectivity index (χ2n) is 6.52. The van der Waals surface area contributed by atoms with E-state index < -0.39 is 15.8 Å². The Bertz CT molecular complexity index is 1180. The number of hydrogen-bond donors (Lipinski definition) is 1. The zero-order valence-electron chi connectivity index (χ0n) is 14.9. The zero-order valence-corrected chi connectivity index (χ0v) is 15.7. The number of benzene rings is 3. The molecule has 140 valence electrons. The van der Waals surface area contributed by atoms with Crippen LogP contribution in [0.25, 0.3) is 0 Å². The minimum absolute atomic E-state index is 0.0570.